The van der Waals surface area contributed by atoms with Crippen molar-refractivity contribution in [2.24, 2.45) is 5.92 Å². The summed E-state index contributed by atoms with van der Waals surface area (Å²) in [5.74, 6) is 0.601. The van der Waals surface area contributed by atoms with E-state index in [1.807, 2.05) is 18.3 Å². The van der Waals surface area contributed by atoms with Gasteiger partial charge in [-0.3, -0.25) is 4.98 Å². The maximum atomic E-state index is 9.17. The topological polar surface area (TPSA) is 45.1 Å². The first-order valence-corrected chi connectivity index (χ1v) is 5.45. The van der Waals surface area contributed by atoms with Gasteiger partial charge in [0.25, 0.3) is 0 Å². The van der Waals surface area contributed by atoms with Crippen LogP contribution >= 0.6 is 0 Å². The molecule has 0 amide bonds. The Kier molecular flexibility index (Phi) is 5.29. The molecule has 3 nitrogen and oxygen atoms in total. The smallest absolute Gasteiger partial charge is 0.0584 e. The third kappa shape index (κ3) is 4.91. The molecular formula is C12H20N2O. The summed E-state index contributed by atoms with van der Waals surface area (Å²) < 4.78 is 0. The van der Waals surface area contributed by atoms with Gasteiger partial charge < -0.3 is 10.4 Å². The molecule has 0 aliphatic heterocycles. The van der Waals surface area contributed by atoms with Crippen molar-refractivity contribution in [1.29, 1.82) is 0 Å². The highest BCUT2D eigenvalue weighted by atomic mass is 16.3. The van der Waals surface area contributed by atoms with Gasteiger partial charge in [0.15, 0.2) is 0 Å². The first-order valence-electron chi connectivity index (χ1n) is 5.45. The largest absolute Gasteiger partial charge is 0.395 e. The average Bonchev–Trinajstić information content (AvgIpc) is 2.25. The first-order chi connectivity index (χ1) is 7.22. The van der Waals surface area contributed by atoms with Gasteiger partial charge in [-0.05, 0) is 24.0 Å². The lowest BCUT2D eigenvalue weighted by Gasteiger charge is -2.18. The first kappa shape index (κ1) is 12.1. The van der Waals surface area contributed by atoms with Crippen molar-refractivity contribution in [3.63, 3.8) is 0 Å². The zero-order valence-corrected chi connectivity index (χ0v) is 9.48. The number of rotatable bonds is 6. The van der Waals surface area contributed by atoms with Crippen LogP contribution in [0.5, 0.6) is 0 Å². The molecule has 15 heavy (non-hydrogen) atoms. The van der Waals surface area contributed by atoms with Gasteiger partial charge in [0, 0.05) is 25.0 Å². The zero-order valence-electron chi connectivity index (χ0n) is 9.48. The molecule has 0 fully saturated rings. The summed E-state index contributed by atoms with van der Waals surface area (Å²) in [6, 6.07) is 4.14. The van der Waals surface area contributed by atoms with E-state index in [-0.39, 0.29) is 12.6 Å². The van der Waals surface area contributed by atoms with Gasteiger partial charge >= 0.3 is 0 Å². The Morgan fingerprint density at radius 2 is 2.27 bits per heavy atom. The van der Waals surface area contributed by atoms with Gasteiger partial charge in [0.1, 0.15) is 0 Å². The summed E-state index contributed by atoms with van der Waals surface area (Å²) in [5, 5.41) is 12.5. The van der Waals surface area contributed by atoms with Crippen molar-refractivity contribution >= 4 is 0 Å². The van der Waals surface area contributed by atoms with Crippen LogP contribution in [0.3, 0.4) is 0 Å². The fourth-order valence-corrected chi connectivity index (χ4v) is 1.56. The molecular weight excluding hydrogens is 188 g/mol. The van der Waals surface area contributed by atoms with Crippen LogP contribution in [0.25, 0.3) is 0 Å². The number of hydrogen-bond acceptors (Lipinski definition) is 3. The predicted octanol–water partition coefficient (Wildman–Crippen LogP) is 1.58. The van der Waals surface area contributed by atoms with Gasteiger partial charge in [-0.15, -0.1) is 0 Å². The van der Waals surface area contributed by atoms with Gasteiger partial charge in [-0.2, -0.15) is 0 Å². The summed E-state index contributed by atoms with van der Waals surface area (Å²) in [6.07, 6.45) is 4.61. The average molecular weight is 208 g/mol. The second-order valence-corrected chi connectivity index (χ2v) is 4.25. The molecule has 0 unspecified atom stereocenters. The molecule has 1 rings (SSSR count). The van der Waals surface area contributed by atoms with E-state index < -0.39 is 0 Å². The Bertz CT molecular complexity index is 262. The van der Waals surface area contributed by atoms with Crippen molar-refractivity contribution in [2.45, 2.75) is 32.9 Å². The number of nitrogens with one attached hydrogen (secondary N) is 1. The molecule has 1 atom stereocenters. The molecule has 1 aromatic heterocycles. The number of aromatic nitrogens is 1. The van der Waals surface area contributed by atoms with Gasteiger partial charge in [0.2, 0.25) is 0 Å². The third-order valence-electron chi connectivity index (χ3n) is 2.29. The van der Waals surface area contributed by atoms with Crippen molar-refractivity contribution in [3.05, 3.63) is 30.1 Å². The highest BCUT2D eigenvalue weighted by Gasteiger charge is 2.08. The van der Waals surface area contributed by atoms with E-state index in [2.05, 4.69) is 24.1 Å². The van der Waals surface area contributed by atoms with Crippen LogP contribution < -0.4 is 5.32 Å². The molecule has 84 valence electrons. The molecule has 1 heterocycles. The van der Waals surface area contributed by atoms with Crippen molar-refractivity contribution in [1.82, 2.24) is 10.3 Å². The highest BCUT2D eigenvalue weighted by Crippen LogP contribution is 2.05. The van der Waals surface area contributed by atoms with Gasteiger partial charge in [0.05, 0.1) is 6.61 Å². The van der Waals surface area contributed by atoms with Crippen molar-refractivity contribution in [3.8, 4) is 0 Å². The third-order valence-corrected chi connectivity index (χ3v) is 2.29. The lowest BCUT2D eigenvalue weighted by Crippen LogP contribution is -2.33. The molecule has 3 heteroatoms. The van der Waals surface area contributed by atoms with Crippen LogP contribution in [-0.4, -0.2) is 22.7 Å². The number of aliphatic hydroxyl groups excluding tert-OH is 1. The summed E-state index contributed by atoms with van der Waals surface area (Å²) >= 11 is 0. The summed E-state index contributed by atoms with van der Waals surface area (Å²) in [5.41, 5.74) is 1.15. The predicted molar refractivity (Wildman–Crippen MR) is 61.4 cm³/mol. The Morgan fingerprint density at radius 3 is 2.80 bits per heavy atom. The zero-order chi connectivity index (χ0) is 11.1. The Hall–Kier alpha value is -0.930. The van der Waals surface area contributed by atoms with Crippen LogP contribution in [0, 0.1) is 5.92 Å². The minimum atomic E-state index is 0.185. The number of hydrogen-bond donors (Lipinski definition) is 2. The quantitative estimate of drug-likeness (QED) is 0.746. The maximum Gasteiger partial charge on any atom is 0.0584 e. The Balaban J connectivity index is 2.34. The van der Waals surface area contributed by atoms with E-state index in [0.717, 1.165) is 18.5 Å². The normalized spacial score (nSPS) is 13.1. The molecule has 0 bridgehead atoms. The lowest BCUT2D eigenvalue weighted by molar-refractivity contribution is 0.223. The van der Waals surface area contributed by atoms with Crippen molar-refractivity contribution in [2.75, 3.05) is 6.61 Å². The highest BCUT2D eigenvalue weighted by molar-refractivity contribution is 5.07. The van der Waals surface area contributed by atoms with E-state index in [1.54, 1.807) is 6.20 Å². The SMILES string of the molecule is CC(C)C[C@@H](CO)NCc1cccnc1. The minimum absolute atomic E-state index is 0.185. The van der Waals surface area contributed by atoms with Gasteiger partial charge in [-0.25, -0.2) is 0 Å². The molecule has 0 aliphatic carbocycles. The fourth-order valence-electron chi connectivity index (χ4n) is 1.56. The fraction of sp³-hybridized carbons (Fsp3) is 0.583. The van der Waals surface area contributed by atoms with Crippen LogP contribution in [-0.2, 0) is 6.54 Å². The second-order valence-electron chi connectivity index (χ2n) is 4.25. The standard InChI is InChI=1S/C12H20N2O/c1-10(2)6-12(9-15)14-8-11-4-3-5-13-7-11/h3-5,7,10,12,14-15H,6,8-9H2,1-2H3/t12-/m0/s1. The van der Waals surface area contributed by atoms with E-state index in [4.69, 9.17) is 0 Å². The van der Waals surface area contributed by atoms with Crippen LogP contribution in [0.2, 0.25) is 0 Å². The number of pyridine rings is 1. The number of aliphatic hydroxyl groups is 1. The maximum absolute atomic E-state index is 9.17. The molecule has 1 aromatic rings. The second kappa shape index (κ2) is 6.53. The molecule has 0 radical (unpaired) electrons. The van der Waals surface area contributed by atoms with Crippen LogP contribution in [0.4, 0.5) is 0 Å². The minimum Gasteiger partial charge on any atom is -0.395 e. The Labute approximate surface area is 91.5 Å². The Morgan fingerprint density at radius 1 is 1.47 bits per heavy atom. The molecule has 0 aliphatic rings. The van der Waals surface area contributed by atoms with E-state index in [9.17, 15) is 5.11 Å². The molecule has 2 N–H and O–H groups in total. The van der Waals surface area contributed by atoms with Crippen LogP contribution in [0.15, 0.2) is 24.5 Å². The van der Waals surface area contributed by atoms with E-state index in [1.165, 1.54) is 0 Å². The van der Waals surface area contributed by atoms with Crippen LogP contribution in [0.1, 0.15) is 25.8 Å². The van der Waals surface area contributed by atoms with E-state index in [0.29, 0.717) is 5.92 Å². The summed E-state index contributed by atoms with van der Waals surface area (Å²) in [6.45, 7) is 5.28. The monoisotopic (exact) mass is 208 g/mol. The number of nitrogens with zero attached hydrogens (tertiary/aromatic N) is 1. The molecule has 0 saturated heterocycles. The molecule has 0 aromatic carbocycles. The summed E-state index contributed by atoms with van der Waals surface area (Å²) in [4.78, 5) is 4.05. The lowest BCUT2D eigenvalue weighted by atomic mass is 10.0. The molecule has 0 spiro atoms. The van der Waals surface area contributed by atoms with E-state index >= 15 is 0 Å². The molecule has 0 saturated carbocycles. The van der Waals surface area contributed by atoms with Crippen molar-refractivity contribution < 1.29 is 5.11 Å². The van der Waals surface area contributed by atoms with Gasteiger partial charge in [-0.1, -0.05) is 19.9 Å². The summed E-state index contributed by atoms with van der Waals surface area (Å²) in [7, 11) is 0.